The Morgan fingerprint density at radius 2 is 1.94 bits per heavy atom. The van der Waals surface area contributed by atoms with E-state index >= 15 is 0 Å². The molecule has 1 aromatic rings. The summed E-state index contributed by atoms with van der Waals surface area (Å²) in [5.74, 6) is 1.57. The van der Waals surface area contributed by atoms with E-state index in [0.29, 0.717) is 13.2 Å². The summed E-state index contributed by atoms with van der Waals surface area (Å²) in [5.41, 5.74) is 6.63. The first-order valence-corrected chi connectivity index (χ1v) is 5.51. The summed E-state index contributed by atoms with van der Waals surface area (Å²) in [7, 11) is 1.65. The number of ether oxygens (including phenoxy) is 2. The molecule has 3 heteroatoms. The van der Waals surface area contributed by atoms with E-state index < -0.39 is 0 Å². The first kappa shape index (κ1) is 12.8. The second kappa shape index (κ2) is 5.21. The average Bonchev–Trinajstić information content (AvgIpc) is 2.24. The minimum absolute atomic E-state index is 0.0263. The third-order valence-electron chi connectivity index (χ3n) is 2.37. The van der Waals surface area contributed by atoms with Crippen LogP contribution in [0.25, 0.3) is 0 Å². The highest BCUT2D eigenvalue weighted by Crippen LogP contribution is 2.38. The van der Waals surface area contributed by atoms with Gasteiger partial charge in [0.05, 0.1) is 7.11 Å². The molecule has 0 saturated carbocycles. The van der Waals surface area contributed by atoms with Gasteiger partial charge >= 0.3 is 0 Å². The predicted molar refractivity (Wildman–Crippen MR) is 66.2 cm³/mol. The summed E-state index contributed by atoms with van der Waals surface area (Å²) in [5, 5.41) is 0. The Hall–Kier alpha value is -1.22. The minimum atomic E-state index is 0.0263. The van der Waals surface area contributed by atoms with Gasteiger partial charge in [0, 0.05) is 12.1 Å². The average molecular weight is 223 g/mol. The van der Waals surface area contributed by atoms with E-state index in [1.165, 1.54) is 0 Å². The van der Waals surface area contributed by atoms with Crippen LogP contribution in [0.15, 0.2) is 18.2 Å². The molecule has 0 aromatic heterocycles. The highest BCUT2D eigenvalue weighted by Gasteiger charge is 2.21. The monoisotopic (exact) mass is 223 g/mol. The first-order valence-electron chi connectivity index (χ1n) is 5.51. The van der Waals surface area contributed by atoms with Crippen molar-refractivity contribution in [1.82, 2.24) is 0 Å². The lowest BCUT2D eigenvalue weighted by molar-refractivity contribution is 0.294. The van der Waals surface area contributed by atoms with Gasteiger partial charge in [-0.2, -0.15) is 0 Å². The minimum Gasteiger partial charge on any atom is -0.493 e. The molecule has 0 spiro atoms. The van der Waals surface area contributed by atoms with Crippen molar-refractivity contribution in [3.8, 4) is 11.5 Å². The van der Waals surface area contributed by atoms with Crippen molar-refractivity contribution in [2.45, 2.75) is 26.2 Å². The molecule has 0 fully saturated rings. The molecular weight excluding hydrogens is 202 g/mol. The molecule has 0 aliphatic rings. The lowest BCUT2D eigenvalue weighted by Crippen LogP contribution is -2.17. The first-order chi connectivity index (χ1) is 7.50. The molecule has 0 unspecified atom stereocenters. The van der Waals surface area contributed by atoms with Gasteiger partial charge in [-0.15, -0.1) is 0 Å². The summed E-state index contributed by atoms with van der Waals surface area (Å²) >= 11 is 0. The van der Waals surface area contributed by atoms with Crippen LogP contribution in [-0.4, -0.2) is 20.3 Å². The second-order valence-corrected chi connectivity index (χ2v) is 4.72. The lowest BCUT2D eigenvalue weighted by Gasteiger charge is -2.24. The van der Waals surface area contributed by atoms with E-state index in [9.17, 15) is 0 Å². The Kier molecular flexibility index (Phi) is 4.19. The van der Waals surface area contributed by atoms with Gasteiger partial charge in [0.2, 0.25) is 0 Å². The Balaban J connectivity index is 3.15. The number of rotatable bonds is 4. The fourth-order valence-corrected chi connectivity index (χ4v) is 1.58. The zero-order valence-corrected chi connectivity index (χ0v) is 10.5. The van der Waals surface area contributed by atoms with Crippen LogP contribution >= 0.6 is 0 Å². The molecule has 1 rings (SSSR count). The van der Waals surface area contributed by atoms with Crippen molar-refractivity contribution < 1.29 is 9.47 Å². The van der Waals surface area contributed by atoms with Gasteiger partial charge in [0.1, 0.15) is 6.61 Å². The molecule has 0 aliphatic carbocycles. The van der Waals surface area contributed by atoms with Crippen LogP contribution in [0.1, 0.15) is 26.3 Å². The molecule has 0 bridgehead atoms. The SMILES string of the molecule is COc1cccc(C(C)(C)C)c1OCCN. The Labute approximate surface area is 97.6 Å². The molecule has 90 valence electrons. The van der Waals surface area contributed by atoms with Crippen LogP contribution in [-0.2, 0) is 5.41 Å². The fourth-order valence-electron chi connectivity index (χ4n) is 1.58. The molecular formula is C13H21NO2. The van der Waals surface area contributed by atoms with Crippen LogP contribution in [0.3, 0.4) is 0 Å². The molecule has 0 amide bonds. The molecule has 0 radical (unpaired) electrons. The summed E-state index contributed by atoms with van der Waals surface area (Å²) in [4.78, 5) is 0. The lowest BCUT2D eigenvalue weighted by atomic mass is 9.86. The zero-order chi connectivity index (χ0) is 12.2. The molecule has 0 saturated heterocycles. The molecule has 0 aliphatic heterocycles. The van der Waals surface area contributed by atoms with E-state index in [2.05, 4.69) is 26.8 Å². The van der Waals surface area contributed by atoms with Crippen molar-refractivity contribution in [2.75, 3.05) is 20.3 Å². The van der Waals surface area contributed by atoms with Crippen molar-refractivity contribution >= 4 is 0 Å². The maximum Gasteiger partial charge on any atom is 0.164 e. The van der Waals surface area contributed by atoms with Crippen molar-refractivity contribution in [1.29, 1.82) is 0 Å². The maximum atomic E-state index is 5.68. The number of hydrogen-bond acceptors (Lipinski definition) is 3. The maximum absolute atomic E-state index is 5.68. The summed E-state index contributed by atoms with van der Waals surface area (Å²) in [6.07, 6.45) is 0. The van der Waals surface area contributed by atoms with E-state index in [-0.39, 0.29) is 5.41 Å². The van der Waals surface area contributed by atoms with E-state index in [1.54, 1.807) is 7.11 Å². The summed E-state index contributed by atoms with van der Waals surface area (Å²) in [6.45, 7) is 7.45. The number of methoxy groups -OCH3 is 1. The molecule has 1 aromatic carbocycles. The van der Waals surface area contributed by atoms with E-state index in [4.69, 9.17) is 15.2 Å². The Bertz CT molecular complexity index is 342. The summed E-state index contributed by atoms with van der Waals surface area (Å²) < 4.78 is 11.0. The number of nitrogens with two attached hydrogens (primary N) is 1. The number of benzene rings is 1. The smallest absolute Gasteiger partial charge is 0.164 e. The molecule has 2 N–H and O–H groups in total. The largest absolute Gasteiger partial charge is 0.493 e. The van der Waals surface area contributed by atoms with Crippen LogP contribution < -0.4 is 15.2 Å². The highest BCUT2D eigenvalue weighted by atomic mass is 16.5. The van der Waals surface area contributed by atoms with Gasteiger partial charge in [-0.1, -0.05) is 32.9 Å². The number of para-hydroxylation sites is 1. The van der Waals surface area contributed by atoms with Gasteiger partial charge < -0.3 is 15.2 Å². The third-order valence-corrected chi connectivity index (χ3v) is 2.37. The van der Waals surface area contributed by atoms with Crippen LogP contribution in [0.2, 0.25) is 0 Å². The zero-order valence-electron chi connectivity index (χ0n) is 10.5. The second-order valence-electron chi connectivity index (χ2n) is 4.72. The molecule has 0 atom stereocenters. The van der Waals surface area contributed by atoms with E-state index in [0.717, 1.165) is 17.1 Å². The summed E-state index contributed by atoms with van der Waals surface area (Å²) in [6, 6.07) is 5.95. The Morgan fingerprint density at radius 1 is 1.25 bits per heavy atom. The van der Waals surface area contributed by atoms with Crippen molar-refractivity contribution in [2.24, 2.45) is 5.73 Å². The van der Waals surface area contributed by atoms with Crippen molar-refractivity contribution in [3.63, 3.8) is 0 Å². The number of hydrogen-bond donors (Lipinski definition) is 1. The molecule has 3 nitrogen and oxygen atoms in total. The van der Waals surface area contributed by atoms with Gasteiger partial charge in [0.15, 0.2) is 11.5 Å². The van der Waals surface area contributed by atoms with Crippen molar-refractivity contribution in [3.05, 3.63) is 23.8 Å². The van der Waals surface area contributed by atoms with E-state index in [1.807, 2.05) is 12.1 Å². The predicted octanol–water partition coefficient (Wildman–Crippen LogP) is 2.33. The highest BCUT2D eigenvalue weighted by molar-refractivity contribution is 5.49. The van der Waals surface area contributed by atoms with Crippen LogP contribution in [0.5, 0.6) is 11.5 Å². The van der Waals surface area contributed by atoms with Crippen LogP contribution in [0.4, 0.5) is 0 Å². The van der Waals surface area contributed by atoms with Crippen LogP contribution in [0, 0.1) is 0 Å². The van der Waals surface area contributed by atoms with Gasteiger partial charge in [-0.25, -0.2) is 0 Å². The quantitative estimate of drug-likeness (QED) is 0.852. The molecule has 16 heavy (non-hydrogen) atoms. The topological polar surface area (TPSA) is 44.5 Å². The fraction of sp³-hybridized carbons (Fsp3) is 0.538. The van der Waals surface area contributed by atoms with Gasteiger partial charge in [0.25, 0.3) is 0 Å². The standard InChI is InChI=1S/C13H21NO2/c1-13(2,3)10-6-5-7-11(15-4)12(10)16-9-8-14/h5-7H,8-9,14H2,1-4H3. The van der Waals surface area contributed by atoms with Gasteiger partial charge in [-0.3, -0.25) is 0 Å². The third kappa shape index (κ3) is 2.89. The van der Waals surface area contributed by atoms with Gasteiger partial charge in [-0.05, 0) is 11.5 Å². The normalized spacial score (nSPS) is 11.3. The Morgan fingerprint density at radius 3 is 2.44 bits per heavy atom. The molecule has 0 heterocycles.